The second-order valence-electron chi connectivity index (χ2n) is 5.89. The van der Waals surface area contributed by atoms with Crippen LogP contribution in [0.3, 0.4) is 0 Å². The van der Waals surface area contributed by atoms with Crippen LogP contribution in [0.5, 0.6) is 0 Å². The van der Waals surface area contributed by atoms with E-state index in [1.54, 1.807) is 12.1 Å². The lowest BCUT2D eigenvalue weighted by Gasteiger charge is -2.16. The molecule has 21 heavy (non-hydrogen) atoms. The van der Waals surface area contributed by atoms with Gasteiger partial charge in [-0.2, -0.15) is 0 Å². The van der Waals surface area contributed by atoms with Crippen molar-refractivity contribution in [3.05, 3.63) is 35.6 Å². The normalized spacial score (nSPS) is 12.5. The Kier molecular flexibility index (Phi) is 10.1. The Hall–Kier alpha value is -0.930. The van der Waals surface area contributed by atoms with Crippen molar-refractivity contribution in [3.8, 4) is 0 Å². The molecule has 3 heteroatoms. The van der Waals surface area contributed by atoms with E-state index in [0.717, 1.165) is 18.4 Å². The molecule has 3 N–H and O–H groups in total. The first-order chi connectivity index (χ1) is 10.3. The molecule has 0 radical (unpaired) electrons. The van der Waals surface area contributed by atoms with Gasteiger partial charge in [-0.25, -0.2) is 4.39 Å². The van der Waals surface area contributed by atoms with Crippen molar-refractivity contribution in [1.29, 1.82) is 0 Å². The first-order valence-corrected chi connectivity index (χ1v) is 8.49. The fraction of sp³-hybridized carbons (Fsp3) is 0.667. The SMILES string of the molecule is CCCCCCCCCCCC(NN)c1cccc(F)c1. The van der Waals surface area contributed by atoms with Crippen molar-refractivity contribution in [2.75, 3.05) is 0 Å². The van der Waals surface area contributed by atoms with Crippen LogP contribution in [-0.4, -0.2) is 0 Å². The van der Waals surface area contributed by atoms with Crippen molar-refractivity contribution < 1.29 is 4.39 Å². The third kappa shape index (κ3) is 8.18. The van der Waals surface area contributed by atoms with Crippen LogP contribution in [0.2, 0.25) is 0 Å². The number of hydrogen-bond donors (Lipinski definition) is 2. The molecule has 120 valence electrons. The number of unbranched alkanes of at least 4 members (excludes halogenated alkanes) is 8. The third-order valence-electron chi connectivity index (χ3n) is 4.05. The zero-order valence-corrected chi connectivity index (χ0v) is 13.4. The highest BCUT2D eigenvalue weighted by atomic mass is 19.1. The lowest BCUT2D eigenvalue weighted by atomic mass is 10.00. The number of hydrogen-bond acceptors (Lipinski definition) is 2. The molecule has 1 aromatic rings. The monoisotopic (exact) mass is 294 g/mol. The molecule has 1 aromatic carbocycles. The first-order valence-electron chi connectivity index (χ1n) is 8.49. The average molecular weight is 294 g/mol. The van der Waals surface area contributed by atoms with E-state index in [0.29, 0.717) is 0 Å². The molecule has 0 aromatic heterocycles. The Labute approximate surface area is 129 Å². The van der Waals surface area contributed by atoms with Crippen LogP contribution in [0.25, 0.3) is 0 Å². The molecule has 0 amide bonds. The van der Waals surface area contributed by atoms with Gasteiger partial charge in [0.1, 0.15) is 5.82 Å². The summed E-state index contributed by atoms with van der Waals surface area (Å²) in [5.74, 6) is 5.40. The van der Waals surface area contributed by atoms with Crippen molar-refractivity contribution >= 4 is 0 Å². The van der Waals surface area contributed by atoms with Gasteiger partial charge in [0, 0.05) is 6.04 Å². The molecule has 0 aliphatic rings. The average Bonchev–Trinajstić information content (AvgIpc) is 2.49. The van der Waals surface area contributed by atoms with Crippen molar-refractivity contribution in [1.82, 2.24) is 5.43 Å². The maximum atomic E-state index is 13.2. The maximum absolute atomic E-state index is 13.2. The van der Waals surface area contributed by atoms with Gasteiger partial charge >= 0.3 is 0 Å². The molecular weight excluding hydrogens is 263 g/mol. The molecule has 0 spiro atoms. The predicted octanol–water partition coefficient (Wildman–Crippen LogP) is 5.25. The predicted molar refractivity (Wildman–Crippen MR) is 88.3 cm³/mol. The van der Waals surface area contributed by atoms with Crippen LogP contribution in [0.1, 0.15) is 82.7 Å². The summed E-state index contributed by atoms with van der Waals surface area (Å²) in [4.78, 5) is 0. The van der Waals surface area contributed by atoms with Crippen LogP contribution >= 0.6 is 0 Å². The van der Waals surface area contributed by atoms with Gasteiger partial charge in [-0.15, -0.1) is 0 Å². The Balaban J connectivity index is 2.10. The number of rotatable bonds is 12. The van der Waals surface area contributed by atoms with Crippen molar-refractivity contribution in [3.63, 3.8) is 0 Å². The van der Waals surface area contributed by atoms with E-state index >= 15 is 0 Å². The standard InChI is InChI=1S/C18H31FN2/c1-2-3-4-5-6-7-8-9-10-14-18(21-20)16-12-11-13-17(19)15-16/h11-13,15,18,21H,2-10,14,20H2,1H3. The van der Waals surface area contributed by atoms with Crippen molar-refractivity contribution in [2.45, 2.75) is 77.2 Å². The van der Waals surface area contributed by atoms with Gasteiger partial charge < -0.3 is 0 Å². The molecule has 0 saturated heterocycles. The van der Waals surface area contributed by atoms with Crippen LogP contribution in [0.4, 0.5) is 4.39 Å². The minimum atomic E-state index is -0.195. The molecule has 0 fully saturated rings. The number of hydrazine groups is 1. The third-order valence-corrected chi connectivity index (χ3v) is 4.05. The number of halogens is 1. The molecule has 0 bridgehead atoms. The fourth-order valence-corrected chi connectivity index (χ4v) is 2.73. The van der Waals surface area contributed by atoms with Gasteiger partial charge in [-0.1, -0.05) is 76.8 Å². The topological polar surface area (TPSA) is 38.0 Å². The van der Waals surface area contributed by atoms with Gasteiger partial charge in [-0.3, -0.25) is 11.3 Å². The maximum Gasteiger partial charge on any atom is 0.123 e. The second kappa shape index (κ2) is 11.7. The molecule has 0 aliphatic heterocycles. The number of nitrogens with two attached hydrogens (primary N) is 1. The Morgan fingerprint density at radius 2 is 1.62 bits per heavy atom. The summed E-state index contributed by atoms with van der Waals surface area (Å²) in [5, 5.41) is 0. The Morgan fingerprint density at radius 1 is 1.00 bits per heavy atom. The molecule has 1 unspecified atom stereocenters. The van der Waals surface area contributed by atoms with Gasteiger partial charge in [0.25, 0.3) is 0 Å². The molecule has 1 atom stereocenters. The smallest absolute Gasteiger partial charge is 0.123 e. The highest BCUT2D eigenvalue weighted by Gasteiger charge is 2.09. The molecule has 0 saturated carbocycles. The van der Waals surface area contributed by atoms with E-state index < -0.39 is 0 Å². The lowest BCUT2D eigenvalue weighted by molar-refractivity contribution is 0.472. The molecule has 1 rings (SSSR count). The quantitative estimate of drug-likeness (QED) is 0.314. The van der Waals surface area contributed by atoms with E-state index in [4.69, 9.17) is 5.84 Å². The lowest BCUT2D eigenvalue weighted by Crippen LogP contribution is -2.28. The van der Waals surface area contributed by atoms with Gasteiger partial charge in [0.15, 0.2) is 0 Å². The van der Waals surface area contributed by atoms with E-state index in [1.807, 2.05) is 6.07 Å². The molecule has 2 nitrogen and oxygen atoms in total. The Morgan fingerprint density at radius 3 is 2.19 bits per heavy atom. The molecule has 0 aliphatic carbocycles. The van der Waals surface area contributed by atoms with Crippen LogP contribution in [0, 0.1) is 5.82 Å². The molecular formula is C18H31FN2. The van der Waals surface area contributed by atoms with Gasteiger partial charge in [-0.05, 0) is 24.1 Å². The highest BCUT2D eigenvalue weighted by Crippen LogP contribution is 2.20. The second-order valence-corrected chi connectivity index (χ2v) is 5.89. The highest BCUT2D eigenvalue weighted by molar-refractivity contribution is 5.19. The van der Waals surface area contributed by atoms with E-state index in [1.165, 1.54) is 57.4 Å². The first kappa shape index (κ1) is 18.1. The summed E-state index contributed by atoms with van der Waals surface area (Å²) >= 11 is 0. The fourth-order valence-electron chi connectivity index (χ4n) is 2.73. The minimum Gasteiger partial charge on any atom is -0.271 e. The largest absolute Gasteiger partial charge is 0.271 e. The minimum absolute atomic E-state index is 0.0604. The van der Waals surface area contributed by atoms with E-state index in [2.05, 4.69) is 12.3 Å². The zero-order valence-electron chi connectivity index (χ0n) is 13.4. The summed E-state index contributed by atoms with van der Waals surface area (Å²) in [5.41, 5.74) is 3.75. The Bertz CT molecular complexity index is 368. The zero-order chi connectivity index (χ0) is 15.3. The van der Waals surface area contributed by atoms with E-state index in [9.17, 15) is 4.39 Å². The van der Waals surface area contributed by atoms with Crippen LogP contribution in [0.15, 0.2) is 24.3 Å². The number of nitrogens with one attached hydrogen (secondary N) is 1. The summed E-state index contributed by atoms with van der Waals surface area (Å²) in [6, 6.07) is 6.77. The van der Waals surface area contributed by atoms with E-state index in [-0.39, 0.29) is 11.9 Å². The number of benzene rings is 1. The summed E-state index contributed by atoms with van der Waals surface area (Å²) in [6.07, 6.45) is 12.8. The summed E-state index contributed by atoms with van der Waals surface area (Å²) < 4.78 is 13.2. The summed E-state index contributed by atoms with van der Waals surface area (Å²) in [6.45, 7) is 2.25. The van der Waals surface area contributed by atoms with Gasteiger partial charge in [0.05, 0.1) is 0 Å². The van der Waals surface area contributed by atoms with Crippen molar-refractivity contribution in [2.24, 2.45) is 5.84 Å². The van der Waals surface area contributed by atoms with Crippen LogP contribution in [-0.2, 0) is 0 Å². The molecule has 0 heterocycles. The van der Waals surface area contributed by atoms with Crippen LogP contribution < -0.4 is 11.3 Å². The summed E-state index contributed by atoms with van der Waals surface area (Å²) in [7, 11) is 0. The van der Waals surface area contributed by atoms with Gasteiger partial charge in [0.2, 0.25) is 0 Å².